The van der Waals surface area contributed by atoms with Crippen molar-refractivity contribution >= 4 is 33.3 Å². The van der Waals surface area contributed by atoms with Gasteiger partial charge in [0.15, 0.2) is 0 Å². The fourth-order valence-electron chi connectivity index (χ4n) is 1.19. The number of benzene rings is 1. The van der Waals surface area contributed by atoms with Gasteiger partial charge in [0.05, 0.1) is 16.9 Å². The van der Waals surface area contributed by atoms with Gasteiger partial charge in [-0.25, -0.2) is 0 Å². The topological polar surface area (TPSA) is 47.0 Å². The van der Waals surface area contributed by atoms with Gasteiger partial charge in [-0.05, 0) is 34.1 Å². The summed E-state index contributed by atoms with van der Waals surface area (Å²) in [5.74, 6) is 1.70. The quantitative estimate of drug-likeness (QED) is 0.938. The molecule has 0 atom stereocenters. The third-order valence-electron chi connectivity index (χ3n) is 1.98. The van der Waals surface area contributed by atoms with Crippen LogP contribution in [-0.4, -0.2) is 17.0 Å². The van der Waals surface area contributed by atoms with Crippen molar-refractivity contribution in [3.63, 3.8) is 0 Å². The first kappa shape index (κ1) is 12.1. The van der Waals surface area contributed by atoms with E-state index in [1.807, 2.05) is 0 Å². The van der Waals surface area contributed by atoms with Crippen LogP contribution in [0.5, 0.6) is 11.6 Å². The molecule has 0 saturated carbocycles. The van der Waals surface area contributed by atoms with Crippen molar-refractivity contribution in [3.05, 3.63) is 40.1 Å². The number of nitrogens with zero attached hydrogens (tertiary/aromatic N) is 2. The fourth-order valence-corrected chi connectivity index (χ4v) is 1.95. The summed E-state index contributed by atoms with van der Waals surface area (Å²) in [5, 5.41) is 3.53. The Morgan fingerprint density at radius 3 is 2.88 bits per heavy atom. The van der Waals surface area contributed by atoms with Gasteiger partial charge < -0.3 is 10.1 Å². The van der Waals surface area contributed by atoms with Crippen LogP contribution in [0.3, 0.4) is 0 Å². The van der Waals surface area contributed by atoms with Gasteiger partial charge in [0.25, 0.3) is 0 Å². The second kappa shape index (κ2) is 5.33. The molecule has 6 heteroatoms. The van der Waals surface area contributed by atoms with E-state index in [4.69, 9.17) is 16.3 Å². The van der Waals surface area contributed by atoms with Gasteiger partial charge in [0.2, 0.25) is 5.88 Å². The van der Waals surface area contributed by atoms with Gasteiger partial charge in [-0.15, -0.1) is 0 Å². The van der Waals surface area contributed by atoms with Crippen molar-refractivity contribution in [1.82, 2.24) is 9.97 Å². The Morgan fingerprint density at radius 1 is 1.35 bits per heavy atom. The maximum Gasteiger partial charge on any atom is 0.239 e. The van der Waals surface area contributed by atoms with E-state index in [0.717, 1.165) is 4.47 Å². The third-order valence-corrected chi connectivity index (χ3v) is 2.83. The van der Waals surface area contributed by atoms with Crippen LogP contribution >= 0.6 is 27.5 Å². The SMILES string of the molecule is CNc1cncc(Oc2ccc(Cl)cc2Br)n1. The smallest absolute Gasteiger partial charge is 0.239 e. The van der Waals surface area contributed by atoms with Crippen LogP contribution in [0.15, 0.2) is 35.1 Å². The van der Waals surface area contributed by atoms with Crippen molar-refractivity contribution in [3.8, 4) is 11.6 Å². The Hall–Kier alpha value is -1.33. The summed E-state index contributed by atoms with van der Waals surface area (Å²) in [7, 11) is 1.77. The standard InChI is InChI=1S/C11H9BrClN3O/c1-14-10-5-15-6-11(16-10)17-9-3-2-7(13)4-8(9)12/h2-6H,1H3,(H,14,16). The molecule has 0 fully saturated rings. The molecule has 1 heterocycles. The molecule has 0 aliphatic heterocycles. The highest BCUT2D eigenvalue weighted by atomic mass is 79.9. The summed E-state index contributed by atoms with van der Waals surface area (Å²) in [6.07, 6.45) is 3.16. The van der Waals surface area contributed by atoms with E-state index in [1.54, 1.807) is 37.6 Å². The molecule has 0 saturated heterocycles. The molecular weight excluding hydrogens is 305 g/mol. The van der Waals surface area contributed by atoms with Gasteiger partial charge in [0.1, 0.15) is 11.6 Å². The molecule has 1 aromatic heterocycles. The van der Waals surface area contributed by atoms with E-state index in [1.165, 1.54) is 0 Å². The normalized spacial score (nSPS) is 10.1. The minimum atomic E-state index is 0.417. The number of ether oxygens (including phenoxy) is 1. The Kier molecular flexibility index (Phi) is 3.81. The molecule has 0 aliphatic rings. The van der Waals surface area contributed by atoms with Gasteiger partial charge in [-0.3, -0.25) is 4.98 Å². The summed E-state index contributed by atoms with van der Waals surface area (Å²) in [5.41, 5.74) is 0. The van der Waals surface area contributed by atoms with E-state index < -0.39 is 0 Å². The van der Waals surface area contributed by atoms with Gasteiger partial charge in [0, 0.05) is 12.1 Å². The van der Waals surface area contributed by atoms with Crippen molar-refractivity contribution in [2.45, 2.75) is 0 Å². The molecule has 0 unspecified atom stereocenters. The van der Waals surface area contributed by atoms with Crippen molar-refractivity contribution in [1.29, 1.82) is 0 Å². The summed E-state index contributed by atoms with van der Waals surface area (Å²) < 4.78 is 6.35. The first-order chi connectivity index (χ1) is 8.19. The average Bonchev–Trinajstić information content (AvgIpc) is 2.33. The highest BCUT2D eigenvalue weighted by Crippen LogP contribution is 2.31. The van der Waals surface area contributed by atoms with Crippen molar-refractivity contribution < 1.29 is 4.74 Å². The predicted octanol–water partition coefficient (Wildman–Crippen LogP) is 3.73. The lowest BCUT2D eigenvalue weighted by atomic mass is 10.3. The fraction of sp³-hybridized carbons (Fsp3) is 0.0909. The molecule has 0 radical (unpaired) electrons. The van der Waals surface area contributed by atoms with Crippen molar-refractivity contribution in [2.24, 2.45) is 0 Å². The third kappa shape index (κ3) is 3.08. The molecule has 17 heavy (non-hydrogen) atoms. The van der Waals surface area contributed by atoms with Gasteiger partial charge >= 0.3 is 0 Å². The van der Waals surface area contributed by atoms with E-state index in [0.29, 0.717) is 22.5 Å². The Bertz CT molecular complexity index is 536. The molecule has 88 valence electrons. The first-order valence-corrected chi connectivity index (χ1v) is 5.99. The highest BCUT2D eigenvalue weighted by Gasteiger charge is 2.05. The lowest BCUT2D eigenvalue weighted by molar-refractivity contribution is 0.458. The average molecular weight is 315 g/mol. The van der Waals surface area contributed by atoms with Crippen LogP contribution in [0.2, 0.25) is 5.02 Å². The monoisotopic (exact) mass is 313 g/mol. The zero-order valence-corrected chi connectivity index (χ0v) is 11.3. The van der Waals surface area contributed by atoms with Crippen molar-refractivity contribution in [2.75, 3.05) is 12.4 Å². The van der Waals surface area contributed by atoms with Gasteiger partial charge in [-0.2, -0.15) is 4.98 Å². The van der Waals surface area contributed by atoms with E-state index in [-0.39, 0.29) is 0 Å². The lowest BCUT2D eigenvalue weighted by Crippen LogP contribution is -1.96. The summed E-state index contributed by atoms with van der Waals surface area (Å²) in [6.45, 7) is 0. The largest absolute Gasteiger partial charge is 0.436 e. The van der Waals surface area contributed by atoms with Crippen LogP contribution in [0, 0.1) is 0 Å². The van der Waals surface area contributed by atoms with Crippen LogP contribution in [-0.2, 0) is 0 Å². The number of hydrogen-bond donors (Lipinski definition) is 1. The second-order valence-electron chi connectivity index (χ2n) is 3.17. The maximum atomic E-state index is 5.84. The first-order valence-electron chi connectivity index (χ1n) is 4.82. The zero-order valence-electron chi connectivity index (χ0n) is 8.95. The van der Waals surface area contributed by atoms with Crippen LogP contribution < -0.4 is 10.1 Å². The van der Waals surface area contributed by atoms with E-state index in [9.17, 15) is 0 Å². The molecule has 4 nitrogen and oxygen atoms in total. The molecule has 0 spiro atoms. The Morgan fingerprint density at radius 2 is 2.18 bits per heavy atom. The van der Waals surface area contributed by atoms with E-state index >= 15 is 0 Å². The summed E-state index contributed by atoms with van der Waals surface area (Å²) in [6, 6.07) is 5.27. The maximum absolute atomic E-state index is 5.84. The Balaban J connectivity index is 2.25. The van der Waals surface area contributed by atoms with Crippen LogP contribution in [0.1, 0.15) is 0 Å². The number of hydrogen-bond acceptors (Lipinski definition) is 4. The molecule has 0 bridgehead atoms. The lowest BCUT2D eigenvalue weighted by Gasteiger charge is -2.07. The Labute approximate surface area is 112 Å². The molecule has 1 N–H and O–H groups in total. The minimum absolute atomic E-state index is 0.417. The molecule has 2 aromatic rings. The number of halogens is 2. The molecule has 0 amide bonds. The predicted molar refractivity (Wildman–Crippen MR) is 70.8 cm³/mol. The molecule has 2 rings (SSSR count). The number of rotatable bonds is 3. The molecular formula is C11H9BrClN3O. The second-order valence-corrected chi connectivity index (χ2v) is 4.46. The number of anilines is 1. The summed E-state index contributed by atoms with van der Waals surface area (Å²) >= 11 is 9.21. The van der Waals surface area contributed by atoms with Crippen LogP contribution in [0.25, 0.3) is 0 Å². The zero-order chi connectivity index (χ0) is 12.3. The van der Waals surface area contributed by atoms with Crippen LogP contribution in [0.4, 0.5) is 5.82 Å². The number of nitrogens with one attached hydrogen (secondary N) is 1. The highest BCUT2D eigenvalue weighted by molar-refractivity contribution is 9.10. The molecule has 0 aliphatic carbocycles. The number of aromatic nitrogens is 2. The van der Waals surface area contributed by atoms with Gasteiger partial charge in [-0.1, -0.05) is 11.6 Å². The minimum Gasteiger partial charge on any atom is -0.436 e. The van der Waals surface area contributed by atoms with E-state index in [2.05, 4.69) is 31.2 Å². The summed E-state index contributed by atoms with van der Waals surface area (Å²) in [4.78, 5) is 8.21. The molecule has 1 aromatic carbocycles.